The molecule has 138 valence electrons. The van der Waals surface area contributed by atoms with Gasteiger partial charge in [-0.2, -0.15) is 0 Å². The van der Waals surface area contributed by atoms with E-state index in [1.54, 1.807) is 13.1 Å². The van der Waals surface area contributed by atoms with Gasteiger partial charge in [0.15, 0.2) is 11.7 Å². The standard InChI is InChI=1S/C17H23ClN4O2.HI/c1-12(2)16-10-15(24-22-16)11-21-17(19-3)20-7-8-23-14-6-4-5-13(18)9-14;/h4-6,9-10,12H,7-8,11H2,1-3H3,(H2,19,20,21);1H. The van der Waals surface area contributed by atoms with E-state index in [2.05, 4.69) is 34.6 Å². The highest BCUT2D eigenvalue weighted by Gasteiger charge is 2.08. The summed E-state index contributed by atoms with van der Waals surface area (Å²) in [6.45, 7) is 5.79. The molecule has 2 N–H and O–H groups in total. The maximum atomic E-state index is 5.91. The van der Waals surface area contributed by atoms with Crippen molar-refractivity contribution in [3.05, 3.63) is 46.8 Å². The van der Waals surface area contributed by atoms with Crippen LogP contribution < -0.4 is 15.4 Å². The maximum absolute atomic E-state index is 5.91. The van der Waals surface area contributed by atoms with Crippen LogP contribution >= 0.6 is 35.6 Å². The molecule has 0 amide bonds. The van der Waals surface area contributed by atoms with Crippen molar-refractivity contribution in [2.24, 2.45) is 4.99 Å². The quantitative estimate of drug-likeness (QED) is 0.274. The minimum Gasteiger partial charge on any atom is -0.492 e. The number of hydrogen-bond donors (Lipinski definition) is 2. The molecule has 0 fully saturated rings. The third-order valence-electron chi connectivity index (χ3n) is 3.28. The molecule has 0 aliphatic heterocycles. The molecule has 0 aliphatic rings. The Morgan fingerprint density at radius 1 is 1.32 bits per heavy atom. The molecule has 1 heterocycles. The Morgan fingerprint density at radius 3 is 2.76 bits per heavy atom. The SMILES string of the molecule is CN=C(NCCOc1cccc(Cl)c1)NCc1cc(C(C)C)no1.I. The van der Waals surface area contributed by atoms with Crippen LogP contribution in [0.1, 0.15) is 31.2 Å². The van der Waals surface area contributed by atoms with E-state index in [4.69, 9.17) is 20.9 Å². The van der Waals surface area contributed by atoms with E-state index in [1.807, 2.05) is 24.3 Å². The number of halogens is 2. The molecule has 1 aromatic carbocycles. The smallest absolute Gasteiger partial charge is 0.191 e. The Labute approximate surface area is 170 Å². The van der Waals surface area contributed by atoms with Crippen LogP contribution in [0.15, 0.2) is 39.8 Å². The molecule has 0 aliphatic carbocycles. The second-order valence-electron chi connectivity index (χ2n) is 5.53. The number of hydrogen-bond acceptors (Lipinski definition) is 4. The lowest BCUT2D eigenvalue weighted by molar-refractivity contribution is 0.321. The van der Waals surface area contributed by atoms with Crippen molar-refractivity contribution in [2.75, 3.05) is 20.2 Å². The normalized spacial score (nSPS) is 11.2. The number of nitrogens with zero attached hydrogens (tertiary/aromatic N) is 2. The zero-order valence-electron chi connectivity index (χ0n) is 14.6. The number of rotatable bonds is 7. The summed E-state index contributed by atoms with van der Waals surface area (Å²) in [4.78, 5) is 4.16. The average molecular weight is 479 g/mol. The van der Waals surface area contributed by atoms with Crippen molar-refractivity contribution in [3.8, 4) is 5.75 Å². The van der Waals surface area contributed by atoms with Crippen LogP contribution in [-0.2, 0) is 6.54 Å². The monoisotopic (exact) mass is 478 g/mol. The van der Waals surface area contributed by atoms with Gasteiger partial charge in [0.2, 0.25) is 0 Å². The molecule has 0 atom stereocenters. The molecule has 8 heteroatoms. The van der Waals surface area contributed by atoms with E-state index in [1.165, 1.54) is 0 Å². The summed E-state index contributed by atoms with van der Waals surface area (Å²) < 4.78 is 10.9. The van der Waals surface area contributed by atoms with Gasteiger partial charge in [0.25, 0.3) is 0 Å². The first-order valence-corrected chi connectivity index (χ1v) is 8.24. The molecule has 25 heavy (non-hydrogen) atoms. The fraction of sp³-hybridized carbons (Fsp3) is 0.412. The van der Waals surface area contributed by atoms with Crippen molar-refractivity contribution in [1.82, 2.24) is 15.8 Å². The van der Waals surface area contributed by atoms with Gasteiger partial charge in [0.1, 0.15) is 12.4 Å². The summed E-state index contributed by atoms with van der Waals surface area (Å²) in [5, 5.41) is 11.0. The van der Waals surface area contributed by atoms with Crippen LogP contribution in [0.5, 0.6) is 5.75 Å². The molecule has 0 saturated heterocycles. The van der Waals surface area contributed by atoms with Crippen molar-refractivity contribution in [3.63, 3.8) is 0 Å². The number of ether oxygens (including phenoxy) is 1. The van der Waals surface area contributed by atoms with Gasteiger partial charge >= 0.3 is 0 Å². The third kappa shape index (κ3) is 7.52. The molecule has 0 unspecified atom stereocenters. The first kappa shape index (κ1) is 21.6. The minimum atomic E-state index is 0. The zero-order chi connectivity index (χ0) is 17.4. The Balaban J connectivity index is 0.00000312. The van der Waals surface area contributed by atoms with Gasteiger partial charge in [-0.25, -0.2) is 0 Å². The van der Waals surface area contributed by atoms with Crippen molar-refractivity contribution >= 4 is 41.5 Å². The fourth-order valence-electron chi connectivity index (χ4n) is 1.97. The van der Waals surface area contributed by atoms with Gasteiger partial charge < -0.3 is 19.9 Å². The Kier molecular flexibility index (Phi) is 9.66. The molecule has 6 nitrogen and oxygen atoms in total. The lowest BCUT2D eigenvalue weighted by Gasteiger charge is -2.11. The van der Waals surface area contributed by atoms with Gasteiger partial charge in [-0.05, 0) is 24.1 Å². The maximum Gasteiger partial charge on any atom is 0.191 e. The van der Waals surface area contributed by atoms with Crippen LogP contribution in [0, 0.1) is 0 Å². The van der Waals surface area contributed by atoms with E-state index in [-0.39, 0.29) is 24.0 Å². The number of aromatic nitrogens is 1. The second kappa shape index (κ2) is 11.2. The van der Waals surface area contributed by atoms with E-state index < -0.39 is 0 Å². The topological polar surface area (TPSA) is 71.7 Å². The van der Waals surface area contributed by atoms with E-state index in [0.717, 1.165) is 17.2 Å². The number of nitrogens with one attached hydrogen (secondary N) is 2. The number of benzene rings is 1. The molecule has 2 rings (SSSR count). The fourth-order valence-corrected chi connectivity index (χ4v) is 2.15. The molecule has 0 bridgehead atoms. The summed E-state index contributed by atoms with van der Waals surface area (Å²) in [5.74, 6) is 2.54. The number of aliphatic imine (C=N–C) groups is 1. The first-order valence-electron chi connectivity index (χ1n) is 7.87. The molecular formula is C17H24ClIN4O2. The summed E-state index contributed by atoms with van der Waals surface area (Å²) in [5.41, 5.74) is 0.949. The molecule has 0 saturated carbocycles. The second-order valence-corrected chi connectivity index (χ2v) is 5.97. The summed E-state index contributed by atoms with van der Waals surface area (Å²) in [7, 11) is 1.72. The van der Waals surface area contributed by atoms with Gasteiger partial charge in [0.05, 0.1) is 18.8 Å². The predicted molar refractivity (Wildman–Crippen MR) is 111 cm³/mol. The van der Waals surface area contributed by atoms with Gasteiger partial charge in [-0.1, -0.05) is 36.7 Å². The van der Waals surface area contributed by atoms with Crippen LogP contribution in [0.25, 0.3) is 0 Å². The van der Waals surface area contributed by atoms with Crippen LogP contribution in [0.3, 0.4) is 0 Å². The summed E-state index contributed by atoms with van der Waals surface area (Å²) in [6.07, 6.45) is 0. The highest BCUT2D eigenvalue weighted by atomic mass is 127. The molecule has 0 spiro atoms. The van der Waals surface area contributed by atoms with E-state index in [0.29, 0.717) is 36.6 Å². The largest absolute Gasteiger partial charge is 0.492 e. The van der Waals surface area contributed by atoms with Gasteiger partial charge in [-0.15, -0.1) is 24.0 Å². The Bertz CT molecular complexity index is 676. The van der Waals surface area contributed by atoms with Gasteiger partial charge in [-0.3, -0.25) is 4.99 Å². The van der Waals surface area contributed by atoms with E-state index in [9.17, 15) is 0 Å². The Hall–Kier alpha value is -1.48. The highest BCUT2D eigenvalue weighted by Crippen LogP contribution is 2.16. The predicted octanol–water partition coefficient (Wildman–Crippen LogP) is 3.81. The zero-order valence-corrected chi connectivity index (χ0v) is 17.7. The van der Waals surface area contributed by atoms with Crippen molar-refractivity contribution in [2.45, 2.75) is 26.3 Å². The summed E-state index contributed by atoms with van der Waals surface area (Å²) in [6, 6.07) is 9.27. The molecule has 2 aromatic rings. The third-order valence-corrected chi connectivity index (χ3v) is 3.52. The first-order chi connectivity index (χ1) is 11.6. The lowest BCUT2D eigenvalue weighted by atomic mass is 10.1. The minimum absolute atomic E-state index is 0. The average Bonchev–Trinajstić information content (AvgIpc) is 3.03. The molecule has 1 aromatic heterocycles. The van der Waals surface area contributed by atoms with Gasteiger partial charge in [0, 0.05) is 18.1 Å². The van der Waals surface area contributed by atoms with Crippen molar-refractivity contribution in [1.29, 1.82) is 0 Å². The highest BCUT2D eigenvalue weighted by molar-refractivity contribution is 14.0. The summed E-state index contributed by atoms with van der Waals surface area (Å²) >= 11 is 5.91. The molecular weight excluding hydrogens is 455 g/mol. The Morgan fingerprint density at radius 2 is 2.12 bits per heavy atom. The van der Waals surface area contributed by atoms with Crippen LogP contribution in [0.2, 0.25) is 5.02 Å². The van der Waals surface area contributed by atoms with Crippen molar-refractivity contribution < 1.29 is 9.26 Å². The number of guanidine groups is 1. The molecule has 0 radical (unpaired) electrons. The van der Waals surface area contributed by atoms with E-state index >= 15 is 0 Å². The lowest BCUT2D eigenvalue weighted by Crippen LogP contribution is -2.38. The van der Waals surface area contributed by atoms with Crippen LogP contribution in [-0.4, -0.2) is 31.3 Å². The van der Waals surface area contributed by atoms with Crippen LogP contribution in [0.4, 0.5) is 0 Å².